The van der Waals surface area contributed by atoms with E-state index in [2.05, 4.69) is 20.1 Å². The van der Waals surface area contributed by atoms with Crippen molar-refractivity contribution in [1.29, 1.82) is 0 Å². The fourth-order valence-corrected chi connectivity index (χ4v) is 3.65. The number of aromatic nitrogens is 6. The van der Waals surface area contributed by atoms with E-state index in [0.29, 0.717) is 28.7 Å². The molecule has 1 N–H and O–H groups in total. The number of rotatable bonds is 6. The Morgan fingerprint density at radius 2 is 1.91 bits per heavy atom. The first-order valence-corrected chi connectivity index (χ1v) is 11.0. The fourth-order valence-electron chi connectivity index (χ4n) is 3.47. The highest BCUT2D eigenvalue weighted by Crippen LogP contribution is 2.27. The molecule has 0 fully saturated rings. The molecule has 0 radical (unpaired) electrons. The molecule has 176 valence electrons. The Labute approximate surface area is 201 Å². The van der Waals surface area contributed by atoms with Gasteiger partial charge in [0.05, 0.1) is 17.1 Å². The van der Waals surface area contributed by atoms with Crippen molar-refractivity contribution in [2.24, 2.45) is 7.05 Å². The maximum atomic E-state index is 13.2. The Morgan fingerprint density at radius 3 is 2.59 bits per heavy atom. The summed E-state index contributed by atoms with van der Waals surface area (Å²) in [6, 6.07) is 9.19. The molecule has 9 nitrogen and oxygen atoms in total. The molecule has 0 saturated carbocycles. The standard InChI is InChI=1S/C24H25ClN6O3/c1-14-6-7-16(18-8-10-26-23(28-18)24(3,4)33)12-19(14)31-15(2)27-21(20(25)22(31)32)34-13-17-9-11-30(5)29-17/h6-12,33H,13H2,1-5H3. The van der Waals surface area contributed by atoms with Crippen LogP contribution in [0.3, 0.4) is 0 Å². The summed E-state index contributed by atoms with van der Waals surface area (Å²) in [7, 11) is 1.81. The minimum atomic E-state index is -1.18. The van der Waals surface area contributed by atoms with E-state index < -0.39 is 11.2 Å². The zero-order valence-electron chi connectivity index (χ0n) is 19.6. The Kier molecular flexibility index (Phi) is 6.24. The molecule has 3 aromatic heterocycles. The van der Waals surface area contributed by atoms with E-state index in [9.17, 15) is 9.90 Å². The lowest BCUT2D eigenvalue weighted by atomic mass is 10.1. The van der Waals surface area contributed by atoms with Gasteiger partial charge in [0.15, 0.2) is 10.8 Å². The van der Waals surface area contributed by atoms with Crippen LogP contribution in [0.2, 0.25) is 5.02 Å². The second-order valence-electron chi connectivity index (χ2n) is 8.51. The Bertz CT molecular complexity index is 1420. The summed E-state index contributed by atoms with van der Waals surface area (Å²) in [6.07, 6.45) is 3.40. The highest BCUT2D eigenvalue weighted by molar-refractivity contribution is 6.31. The van der Waals surface area contributed by atoms with Gasteiger partial charge >= 0.3 is 0 Å². The lowest BCUT2D eigenvalue weighted by Gasteiger charge is -2.17. The second-order valence-corrected chi connectivity index (χ2v) is 8.89. The highest BCUT2D eigenvalue weighted by Gasteiger charge is 2.21. The molecule has 4 aromatic rings. The Balaban J connectivity index is 1.73. The highest BCUT2D eigenvalue weighted by atomic mass is 35.5. The summed E-state index contributed by atoms with van der Waals surface area (Å²) in [4.78, 5) is 26.3. The van der Waals surface area contributed by atoms with Crippen molar-refractivity contribution in [1.82, 2.24) is 29.3 Å². The third kappa shape index (κ3) is 4.71. The van der Waals surface area contributed by atoms with Crippen molar-refractivity contribution < 1.29 is 9.84 Å². The molecule has 0 aliphatic heterocycles. The van der Waals surface area contributed by atoms with Gasteiger partial charge in [0.25, 0.3) is 5.56 Å². The van der Waals surface area contributed by atoms with Crippen molar-refractivity contribution in [3.63, 3.8) is 0 Å². The molecule has 0 bridgehead atoms. The summed E-state index contributed by atoms with van der Waals surface area (Å²) in [5.74, 6) is 0.788. The third-order valence-corrected chi connectivity index (χ3v) is 5.56. The summed E-state index contributed by atoms with van der Waals surface area (Å²) >= 11 is 6.38. The third-order valence-electron chi connectivity index (χ3n) is 5.24. The number of halogens is 1. The van der Waals surface area contributed by atoms with Gasteiger partial charge in [-0.1, -0.05) is 23.7 Å². The molecule has 3 heterocycles. The van der Waals surface area contributed by atoms with Gasteiger partial charge in [0.1, 0.15) is 18.0 Å². The summed E-state index contributed by atoms with van der Waals surface area (Å²) in [6.45, 7) is 7.00. The topological polar surface area (TPSA) is 108 Å². The van der Waals surface area contributed by atoms with E-state index in [1.807, 2.05) is 38.2 Å². The number of hydrogen-bond acceptors (Lipinski definition) is 7. The summed E-state index contributed by atoms with van der Waals surface area (Å²) in [5, 5.41) is 14.4. The summed E-state index contributed by atoms with van der Waals surface area (Å²) < 4.78 is 8.80. The zero-order chi connectivity index (χ0) is 24.6. The predicted octanol–water partition coefficient (Wildman–Crippen LogP) is 3.50. The van der Waals surface area contributed by atoms with Crippen molar-refractivity contribution in [3.8, 4) is 22.8 Å². The Hall–Kier alpha value is -3.56. The number of aryl methyl sites for hydroxylation is 3. The maximum Gasteiger partial charge on any atom is 0.280 e. The van der Waals surface area contributed by atoms with Crippen LogP contribution in [0, 0.1) is 13.8 Å². The van der Waals surface area contributed by atoms with Crippen LogP contribution in [-0.4, -0.2) is 34.4 Å². The minimum absolute atomic E-state index is 0.0606. The average molecular weight is 481 g/mol. The van der Waals surface area contributed by atoms with Gasteiger partial charge in [0, 0.05) is 25.0 Å². The number of nitrogens with zero attached hydrogens (tertiary/aromatic N) is 6. The van der Waals surface area contributed by atoms with E-state index in [1.165, 1.54) is 4.57 Å². The van der Waals surface area contributed by atoms with Crippen LogP contribution in [0.5, 0.6) is 5.88 Å². The van der Waals surface area contributed by atoms with Gasteiger partial charge in [-0.25, -0.2) is 9.97 Å². The molecule has 0 amide bonds. The second kappa shape index (κ2) is 9.00. The van der Waals surface area contributed by atoms with E-state index in [-0.39, 0.29) is 17.5 Å². The summed E-state index contributed by atoms with van der Waals surface area (Å²) in [5.41, 5.74) is 1.92. The van der Waals surface area contributed by atoms with E-state index in [4.69, 9.17) is 16.3 Å². The van der Waals surface area contributed by atoms with Gasteiger partial charge < -0.3 is 9.84 Å². The van der Waals surface area contributed by atoms with Crippen LogP contribution in [0.1, 0.15) is 36.8 Å². The molecule has 0 spiro atoms. The maximum absolute atomic E-state index is 13.2. The van der Waals surface area contributed by atoms with Crippen LogP contribution < -0.4 is 10.3 Å². The van der Waals surface area contributed by atoms with E-state index >= 15 is 0 Å². The van der Waals surface area contributed by atoms with Crippen LogP contribution >= 0.6 is 11.6 Å². The SMILES string of the molecule is Cc1ccc(-c2ccnc(C(C)(C)O)n2)cc1-n1c(C)nc(OCc2ccn(C)n2)c(Cl)c1=O. The zero-order valence-corrected chi connectivity index (χ0v) is 20.3. The number of aliphatic hydroxyl groups is 1. The van der Waals surface area contributed by atoms with Crippen molar-refractivity contribution >= 4 is 11.6 Å². The largest absolute Gasteiger partial charge is 0.470 e. The molecular weight excluding hydrogens is 456 g/mol. The monoisotopic (exact) mass is 480 g/mol. The van der Waals surface area contributed by atoms with Crippen molar-refractivity contribution in [2.45, 2.75) is 39.9 Å². The smallest absolute Gasteiger partial charge is 0.280 e. The fraction of sp³-hybridized carbons (Fsp3) is 0.292. The molecule has 0 aliphatic carbocycles. The molecule has 10 heteroatoms. The molecular formula is C24H25ClN6O3. The van der Waals surface area contributed by atoms with Gasteiger partial charge in [-0.3, -0.25) is 14.0 Å². The number of ether oxygens (including phenoxy) is 1. The van der Waals surface area contributed by atoms with Crippen LogP contribution in [0.4, 0.5) is 0 Å². The normalized spacial score (nSPS) is 11.6. The van der Waals surface area contributed by atoms with Gasteiger partial charge in [-0.15, -0.1) is 0 Å². The van der Waals surface area contributed by atoms with E-state index in [1.54, 1.807) is 43.9 Å². The van der Waals surface area contributed by atoms with E-state index in [0.717, 1.165) is 11.1 Å². The van der Waals surface area contributed by atoms with Crippen LogP contribution in [0.25, 0.3) is 16.9 Å². The minimum Gasteiger partial charge on any atom is -0.470 e. The lowest BCUT2D eigenvalue weighted by Crippen LogP contribution is -2.24. The van der Waals surface area contributed by atoms with Gasteiger partial charge in [-0.05, 0) is 51.5 Å². The first-order chi connectivity index (χ1) is 16.0. The molecule has 0 saturated heterocycles. The lowest BCUT2D eigenvalue weighted by molar-refractivity contribution is 0.0688. The molecule has 1 aromatic carbocycles. The first kappa shape index (κ1) is 23.6. The predicted molar refractivity (Wildman–Crippen MR) is 128 cm³/mol. The Morgan fingerprint density at radius 1 is 1.15 bits per heavy atom. The molecule has 0 aliphatic rings. The van der Waals surface area contributed by atoms with Crippen LogP contribution in [-0.2, 0) is 19.3 Å². The molecule has 4 rings (SSSR count). The van der Waals surface area contributed by atoms with Crippen LogP contribution in [0.15, 0.2) is 47.5 Å². The average Bonchev–Trinajstić information content (AvgIpc) is 3.21. The molecule has 0 atom stereocenters. The van der Waals surface area contributed by atoms with Crippen molar-refractivity contribution in [3.05, 3.63) is 81.0 Å². The van der Waals surface area contributed by atoms with Gasteiger partial charge in [-0.2, -0.15) is 10.1 Å². The first-order valence-electron chi connectivity index (χ1n) is 10.6. The molecule has 0 unspecified atom stereocenters. The van der Waals surface area contributed by atoms with Crippen molar-refractivity contribution in [2.75, 3.05) is 0 Å². The number of hydrogen-bond donors (Lipinski definition) is 1. The quantitative estimate of drug-likeness (QED) is 0.450. The number of benzene rings is 1. The molecule has 34 heavy (non-hydrogen) atoms. The van der Waals surface area contributed by atoms with Gasteiger partial charge in [0.2, 0.25) is 5.88 Å².